The number of nitrogens with zero attached hydrogens (tertiary/aromatic N) is 1. The second-order valence-electron chi connectivity index (χ2n) is 6.07. The van der Waals surface area contributed by atoms with Crippen molar-refractivity contribution in [2.24, 2.45) is 0 Å². The summed E-state index contributed by atoms with van der Waals surface area (Å²) in [6, 6.07) is 17.4. The molecular weight excluding hydrogens is 294 g/mol. The molecule has 23 heavy (non-hydrogen) atoms. The molecule has 0 saturated carbocycles. The van der Waals surface area contributed by atoms with E-state index < -0.39 is 8.07 Å². The van der Waals surface area contributed by atoms with Gasteiger partial charge < -0.3 is 4.90 Å². The second kappa shape index (κ2) is 7.35. The number of hydrogen-bond donors (Lipinski definition) is 0. The van der Waals surface area contributed by atoms with E-state index in [0.717, 1.165) is 0 Å². The zero-order valence-electron chi connectivity index (χ0n) is 15.6. The van der Waals surface area contributed by atoms with E-state index in [1.54, 1.807) is 15.9 Å². The molecule has 2 heterocycles. The average Bonchev–Trinajstić information content (AvgIpc) is 2.63. The Balaban J connectivity index is 0.000000448. The van der Waals surface area contributed by atoms with Crippen molar-refractivity contribution in [1.82, 2.24) is 0 Å². The van der Waals surface area contributed by atoms with Gasteiger partial charge in [0.25, 0.3) is 0 Å². The lowest BCUT2D eigenvalue weighted by molar-refractivity contribution is 0.889. The number of anilines is 2. The lowest BCUT2D eigenvalue weighted by atomic mass is 10.1. The summed E-state index contributed by atoms with van der Waals surface area (Å²) < 4.78 is 0. The van der Waals surface area contributed by atoms with Crippen molar-refractivity contribution in [3.63, 3.8) is 0 Å². The maximum Gasteiger partial charge on any atom is 0.120 e. The second-order valence-corrected chi connectivity index (χ2v) is 10.3. The fourth-order valence-electron chi connectivity index (χ4n) is 4.10. The van der Waals surface area contributed by atoms with Gasteiger partial charge in [0.2, 0.25) is 0 Å². The van der Waals surface area contributed by atoms with E-state index in [4.69, 9.17) is 0 Å². The van der Waals surface area contributed by atoms with Crippen molar-refractivity contribution >= 4 is 29.8 Å². The summed E-state index contributed by atoms with van der Waals surface area (Å²) in [6.07, 6.45) is 2.62. The molecule has 0 aromatic heterocycles. The van der Waals surface area contributed by atoms with E-state index in [0.29, 0.717) is 0 Å². The maximum absolute atomic E-state index is 2.57. The lowest BCUT2D eigenvalue weighted by Crippen LogP contribution is -2.63. The summed E-state index contributed by atoms with van der Waals surface area (Å²) in [5, 5.41) is 3.35. The fraction of sp³-hybridized carbons (Fsp3) is 0.429. The minimum Gasteiger partial charge on any atom is -0.345 e. The van der Waals surface area contributed by atoms with Gasteiger partial charge in [0.15, 0.2) is 0 Å². The van der Waals surface area contributed by atoms with Crippen molar-refractivity contribution in [3.05, 3.63) is 48.0 Å². The third-order valence-corrected chi connectivity index (χ3v) is 9.67. The molecule has 0 aliphatic carbocycles. The van der Waals surface area contributed by atoms with Crippen LogP contribution in [-0.2, 0) is 6.42 Å². The summed E-state index contributed by atoms with van der Waals surface area (Å²) in [6.45, 7) is 10.6. The number of aryl methyl sites for hydroxylation is 1. The molecule has 124 valence electrons. The Bertz CT molecular complexity index is 665. The number of fused-ring (bicyclic) bond motifs is 2. The van der Waals surface area contributed by atoms with Gasteiger partial charge >= 0.3 is 0 Å². The normalized spacial score (nSPS) is 20.2. The molecule has 1 unspecified atom stereocenters. The van der Waals surface area contributed by atoms with Crippen molar-refractivity contribution in [3.8, 4) is 0 Å². The predicted molar refractivity (Wildman–Crippen MR) is 108 cm³/mol. The molecule has 0 amide bonds. The molecule has 2 aliphatic heterocycles. The monoisotopic (exact) mass is 325 g/mol. The van der Waals surface area contributed by atoms with Crippen LogP contribution < -0.4 is 15.3 Å². The molecule has 0 spiro atoms. The number of para-hydroxylation sites is 1. The van der Waals surface area contributed by atoms with Gasteiger partial charge in [-0.05, 0) is 40.5 Å². The standard InChI is InChI=1S/C17H19NSi.2C2H6/c1-18-14-9-3-4-11-16(14)19(2)12-6-8-13-7-5-10-15(18)17(13)19;2*1-2/h3-5,7,9-11H,6,8,12H2,1-2H3;2*1-2H3. The summed E-state index contributed by atoms with van der Waals surface area (Å²) >= 11 is 0. The highest BCUT2D eigenvalue weighted by Crippen LogP contribution is 2.36. The smallest absolute Gasteiger partial charge is 0.120 e. The molecule has 0 fully saturated rings. The molecule has 1 nitrogen and oxygen atoms in total. The Morgan fingerprint density at radius 3 is 2.26 bits per heavy atom. The zero-order valence-corrected chi connectivity index (χ0v) is 16.6. The van der Waals surface area contributed by atoms with Crippen LogP contribution in [0.4, 0.5) is 11.4 Å². The van der Waals surface area contributed by atoms with Crippen LogP contribution in [0.1, 0.15) is 39.7 Å². The van der Waals surface area contributed by atoms with E-state index in [2.05, 4.69) is 61.0 Å². The molecule has 2 aromatic rings. The molecule has 0 N–H and O–H groups in total. The maximum atomic E-state index is 2.57. The topological polar surface area (TPSA) is 3.24 Å². The van der Waals surface area contributed by atoms with E-state index in [1.807, 2.05) is 27.7 Å². The Hall–Kier alpha value is -1.54. The third kappa shape index (κ3) is 2.74. The van der Waals surface area contributed by atoms with Crippen LogP contribution in [0.3, 0.4) is 0 Å². The van der Waals surface area contributed by atoms with Gasteiger partial charge in [0.05, 0.1) is 0 Å². The van der Waals surface area contributed by atoms with Crippen LogP contribution in [0.5, 0.6) is 0 Å². The van der Waals surface area contributed by atoms with Gasteiger partial charge in [-0.2, -0.15) is 0 Å². The molecule has 2 aliphatic rings. The van der Waals surface area contributed by atoms with E-state index >= 15 is 0 Å². The van der Waals surface area contributed by atoms with Crippen LogP contribution in [0.2, 0.25) is 12.6 Å². The number of rotatable bonds is 0. The molecule has 0 radical (unpaired) electrons. The highest BCUT2D eigenvalue weighted by atomic mass is 28.3. The van der Waals surface area contributed by atoms with Gasteiger partial charge in [-0.15, -0.1) is 0 Å². The predicted octanol–water partition coefficient (Wildman–Crippen LogP) is 4.96. The van der Waals surface area contributed by atoms with Crippen molar-refractivity contribution in [2.45, 2.75) is 53.1 Å². The quantitative estimate of drug-likeness (QED) is 0.619. The van der Waals surface area contributed by atoms with Crippen molar-refractivity contribution in [1.29, 1.82) is 0 Å². The van der Waals surface area contributed by atoms with Gasteiger partial charge in [-0.25, -0.2) is 0 Å². The summed E-state index contributed by atoms with van der Waals surface area (Å²) in [5.74, 6) is 0. The number of benzene rings is 2. The minimum absolute atomic E-state index is 1.27. The first kappa shape index (κ1) is 17.8. The Kier molecular flexibility index (Phi) is 5.69. The molecule has 0 bridgehead atoms. The zero-order chi connectivity index (χ0) is 17.0. The summed E-state index contributed by atoms with van der Waals surface area (Å²) in [7, 11) is 0.726. The van der Waals surface area contributed by atoms with Crippen LogP contribution in [0.15, 0.2) is 42.5 Å². The fourth-order valence-corrected chi connectivity index (χ4v) is 8.79. The highest BCUT2D eigenvalue weighted by molar-refractivity contribution is 7.04. The summed E-state index contributed by atoms with van der Waals surface area (Å²) in [4.78, 5) is 2.40. The van der Waals surface area contributed by atoms with Crippen LogP contribution in [-0.4, -0.2) is 15.1 Å². The van der Waals surface area contributed by atoms with Gasteiger partial charge in [-0.3, -0.25) is 0 Å². The summed E-state index contributed by atoms with van der Waals surface area (Å²) in [5.41, 5.74) is 4.51. The molecule has 4 rings (SSSR count). The first-order valence-electron chi connectivity index (χ1n) is 9.17. The Morgan fingerprint density at radius 2 is 1.52 bits per heavy atom. The van der Waals surface area contributed by atoms with Gasteiger partial charge in [-0.1, -0.05) is 71.0 Å². The molecular formula is C21H31NSi. The Morgan fingerprint density at radius 1 is 0.870 bits per heavy atom. The lowest BCUT2D eigenvalue weighted by Gasteiger charge is -2.44. The SMILES string of the molecule is CC.CC.CN1c2ccccc2[Si]2(C)CCCc3cccc1c32. The third-order valence-electron chi connectivity index (χ3n) is 5.02. The van der Waals surface area contributed by atoms with Crippen molar-refractivity contribution < 1.29 is 0 Å². The van der Waals surface area contributed by atoms with Gasteiger partial charge in [0, 0.05) is 18.4 Å². The average molecular weight is 326 g/mol. The number of hydrogen-bond acceptors (Lipinski definition) is 1. The van der Waals surface area contributed by atoms with E-state index in [9.17, 15) is 0 Å². The molecule has 0 saturated heterocycles. The Labute approximate surface area is 143 Å². The largest absolute Gasteiger partial charge is 0.345 e. The van der Waals surface area contributed by atoms with Crippen LogP contribution in [0.25, 0.3) is 0 Å². The first-order valence-corrected chi connectivity index (χ1v) is 11.9. The first-order chi connectivity index (χ1) is 11.2. The van der Waals surface area contributed by atoms with E-state index in [1.165, 1.54) is 30.3 Å². The highest BCUT2D eigenvalue weighted by Gasteiger charge is 2.43. The van der Waals surface area contributed by atoms with Gasteiger partial charge in [0.1, 0.15) is 8.07 Å². The van der Waals surface area contributed by atoms with Crippen molar-refractivity contribution in [2.75, 3.05) is 11.9 Å². The molecule has 2 aromatic carbocycles. The van der Waals surface area contributed by atoms with E-state index in [-0.39, 0.29) is 0 Å². The van der Waals surface area contributed by atoms with Crippen LogP contribution >= 0.6 is 0 Å². The molecule has 1 atom stereocenters. The minimum atomic E-state index is -1.49. The molecule has 2 heteroatoms. The van der Waals surface area contributed by atoms with Crippen LogP contribution in [0, 0.1) is 0 Å².